The van der Waals surface area contributed by atoms with Crippen molar-refractivity contribution in [2.75, 3.05) is 6.61 Å². The molecule has 1 aromatic heterocycles. The van der Waals surface area contributed by atoms with Gasteiger partial charge in [0, 0.05) is 13.1 Å². The molecule has 0 saturated heterocycles. The lowest BCUT2D eigenvalue weighted by Gasteiger charge is -2.14. The summed E-state index contributed by atoms with van der Waals surface area (Å²) in [6, 6.07) is 6.80. The Hall–Kier alpha value is -2.37. The topological polar surface area (TPSA) is 56.2 Å². The van der Waals surface area contributed by atoms with Crippen molar-refractivity contribution in [1.82, 2.24) is 15.1 Å². The van der Waals surface area contributed by atoms with Gasteiger partial charge in [0.15, 0.2) is 12.4 Å². The third-order valence-electron chi connectivity index (χ3n) is 4.93. The van der Waals surface area contributed by atoms with Crippen molar-refractivity contribution in [3.05, 3.63) is 47.0 Å². The minimum absolute atomic E-state index is 0.00884. The predicted octanol–water partition coefficient (Wildman–Crippen LogP) is 3.01. The highest BCUT2D eigenvalue weighted by atomic mass is 19.1. The fourth-order valence-corrected chi connectivity index (χ4v) is 3.52. The highest BCUT2D eigenvalue weighted by molar-refractivity contribution is 5.78. The number of halogens is 1. The van der Waals surface area contributed by atoms with Gasteiger partial charge < -0.3 is 10.1 Å². The van der Waals surface area contributed by atoms with Gasteiger partial charge >= 0.3 is 0 Å². The fraction of sp³-hybridized carbons (Fsp3) is 0.474. The van der Waals surface area contributed by atoms with E-state index in [1.165, 1.54) is 12.1 Å². The third kappa shape index (κ3) is 4.00. The summed E-state index contributed by atoms with van der Waals surface area (Å²) in [7, 11) is 1.85. The average molecular weight is 345 g/mol. The van der Waals surface area contributed by atoms with E-state index in [4.69, 9.17) is 4.74 Å². The molecule has 2 aromatic rings. The monoisotopic (exact) mass is 345 g/mol. The standard InChI is InChI=1S/C19H24FN3O2/c1-12-19(13(2)23(3)22-12)25-11-18(24)21-17-9-6-15(10-17)14-4-7-16(20)8-5-14/h4-5,7-8,15,17H,6,9-11H2,1-3H3,(H,21,24)/t15-,17+/m1/s1. The first kappa shape index (κ1) is 17.5. The highest BCUT2D eigenvalue weighted by Gasteiger charge is 2.27. The van der Waals surface area contributed by atoms with Crippen molar-refractivity contribution >= 4 is 5.91 Å². The first-order valence-electron chi connectivity index (χ1n) is 8.62. The molecule has 0 bridgehead atoms. The molecule has 0 radical (unpaired) electrons. The molecule has 0 aliphatic heterocycles. The van der Waals surface area contributed by atoms with Crippen LogP contribution in [0.25, 0.3) is 0 Å². The van der Waals surface area contributed by atoms with Gasteiger partial charge in [0.1, 0.15) is 11.5 Å². The fourth-order valence-electron chi connectivity index (χ4n) is 3.52. The SMILES string of the molecule is Cc1nn(C)c(C)c1OCC(=O)N[C@H]1CC[C@@H](c2ccc(F)cc2)C1. The molecule has 5 nitrogen and oxygen atoms in total. The van der Waals surface area contributed by atoms with Gasteiger partial charge in [-0.1, -0.05) is 12.1 Å². The molecule has 1 heterocycles. The lowest BCUT2D eigenvalue weighted by Crippen LogP contribution is -2.36. The van der Waals surface area contributed by atoms with Gasteiger partial charge in [-0.2, -0.15) is 5.10 Å². The Bertz CT molecular complexity index is 755. The average Bonchev–Trinajstić information content (AvgIpc) is 3.12. The van der Waals surface area contributed by atoms with E-state index in [0.717, 1.165) is 36.2 Å². The molecule has 6 heteroatoms. The Morgan fingerprint density at radius 1 is 1.32 bits per heavy atom. The molecular formula is C19H24FN3O2. The summed E-state index contributed by atoms with van der Waals surface area (Å²) in [5, 5.41) is 7.32. The van der Waals surface area contributed by atoms with Crippen LogP contribution in [0.1, 0.15) is 42.1 Å². The van der Waals surface area contributed by atoms with Crippen LogP contribution in [0.15, 0.2) is 24.3 Å². The summed E-state index contributed by atoms with van der Waals surface area (Å²) in [6.45, 7) is 3.77. The van der Waals surface area contributed by atoms with Gasteiger partial charge in [-0.15, -0.1) is 0 Å². The molecule has 1 amide bonds. The first-order valence-corrected chi connectivity index (χ1v) is 8.62. The molecule has 0 unspecified atom stereocenters. The number of amides is 1. The van der Waals surface area contributed by atoms with E-state index in [2.05, 4.69) is 10.4 Å². The lowest BCUT2D eigenvalue weighted by molar-refractivity contribution is -0.123. The largest absolute Gasteiger partial charge is 0.480 e. The van der Waals surface area contributed by atoms with Gasteiger partial charge in [0.2, 0.25) is 0 Å². The third-order valence-corrected chi connectivity index (χ3v) is 4.93. The zero-order valence-corrected chi connectivity index (χ0v) is 14.9. The van der Waals surface area contributed by atoms with Crippen LogP contribution in [0.5, 0.6) is 5.75 Å². The van der Waals surface area contributed by atoms with Gasteiger partial charge in [-0.25, -0.2) is 4.39 Å². The summed E-state index contributed by atoms with van der Waals surface area (Å²) in [6.07, 6.45) is 2.80. The molecule has 1 N–H and O–H groups in total. The number of benzene rings is 1. The maximum absolute atomic E-state index is 13.0. The second kappa shape index (κ2) is 7.25. The van der Waals surface area contributed by atoms with E-state index >= 15 is 0 Å². The van der Waals surface area contributed by atoms with E-state index in [1.54, 1.807) is 4.68 Å². The Balaban J connectivity index is 1.49. The molecule has 1 aromatic carbocycles. The molecule has 3 rings (SSSR count). The number of hydrogen-bond acceptors (Lipinski definition) is 3. The predicted molar refractivity (Wildman–Crippen MR) is 93.1 cm³/mol. The smallest absolute Gasteiger partial charge is 0.258 e. The second-order valence-corrected chi connectivity index (χ2v) is 6.74. The number of ether oxygens (including phenoxy) is 1. The number of nitrogens with zero attached hydrogens (tertiary/aromatic N) is 2. The van der Waals surface area contributed by atoms with Gasteiger partial charge in [0.05, 0.1) is 5.69 Å². The van der Waals surface area contributed by atoms with Crippen LogP contribution in [0, 0.1) is 19.7 Å². The quantitative estimate of drug-likeness (QED) is 0.906. The van der Waals surface area contributed by atoms with Crippen LogP contribution >= 0.6 is 0 Å². The van der Waals surface area contributed by atoms with Crippen LogP contribution < -0.4 is 10.1 Å². The van der Waals surface area contributed by atoms with E-state index in [9.17, 15) is 9.18 Å². The normalized spacial score (nSPS) is 19.8. The molecule has 1 fully saturated rings. The Morgan fingerprint density at radius 3 is 2.68 bits per heavy atom. The van der Waals surface area contributed by atoms with Crippen LogP contribution in [-0.4, -0.2) is 28.3 Å². The van der Waals surface area contributed by atoms with Crippen molar-refractivity contribution in [2.45, 2.75) is 45.1 Å². The Morgan fingerprint density at radius 2 is 2.04 bits per heavy atom. The van der Waals surface area contributed by atoms with E-state index < -0.39 is 0 Å². The van der Waals surface area contributed by atoms with Gasteiger partial charge in [-0.3, -0.25) is 9.48 Å². The number of carbonyl (C=O) groups excluding carboxylic acids is 1. The molecule has 0 spiro atoms. The summed E-state index contributed by atoms with van der Waals surface area (Å²) in [4.78, 5) is 12.2. The molecular weight excluding hydrogens is 321 g/mol. The number of aromatic nitrogens is 2. The van der Waals surface area contributed by atoms with E-state index in [-0.39, 0.29) is 24.4 Å². The maximum Gasteiger partial charge on any atom is 0.258 e. The zero-order valence-electron chi connectivity index (χ0n) is 14.9. The van der Waals surface area contributed by atoms with E-state index in [1.807, 2.05) is 33.0 Å². The summed E-state index contributed by atoms with van der Waals surface area (Å²) >= 11 is 0. The van der Waals surface area contributed by atoms with Crippen molar-refractivity contribution in [3.8, 4) is 5.75 Å². The van der Waals surface area contributed by atoms with Crippen LogP contribution in [0.2, 0.25) is 0 Å². The van der Waals surface area contributed by atoms with Crippen LogP contribution in [0.3, 0.4) is 0 Å². The molecule has 25 heavy (non-hydrogen) atoms. The van der Waals surface area contributed by atoms with Crippen molar-refractivity contribution < 1.29 is 13.9 Å². The Kier molecular flexibility index (Phi) is 5.06. The van der Waals surface area contributed by atoms with Crippen molar-refractivity contribution in [2.24, 2.45) is 7.05 Å². The summed E-state index contributed by atoms with van der Waals surface area (Å²) < 4.78 is 20.4. The number of carbonyl (C=O) groups is 1. The number of hydrogen-bond donors (Lipinski definition) is 1. The summed E-state index contributed by atoms with van der Waals surface area (Å²) in [5.41, 5.74) is 2.82. The molecule has 1 aliphatic carbocycles. The van der Waals surface area contributed by atoms with Gasteiger partial charge in [0.25, 0.3) is 5.91 Å². The second-order valence-electron chi connectivity index (χ2n) is 6.74. The molecule has 1 aliphatic rings. The Labute approximate surface area is 147 Å². The molecule has 1 saturated carbocycles. The van der Waals surface area contributed by atoms with Crippen molar-refractivity contribution in [3.63, 3.8) is 0 Å². The van der Waals surface area contributed by atoms with Crippen molar-refractivity contribution in [1.29, 1.82) is 0 Å². The number of nitrogens with one attached hydrogen (secondary N) is 1. The highest BCUT2D eigenvalue weighted by Crippen LogP contribution is 2.34. The maximum atomic E-state index is 13.0. The van der Waals surface area contributed by atoms with Gasteiger partial charge in [-0.05, 0) is 56.7 Å². The minimum Gasteiger partial charge on any atom is -0.480 e. The van der Waals surface area contributed by atoms with E-state index in [0.29, 0.717) is 11.7 Å². The minimum atomic E-state index is -0.218. The molecule has 2 atom stereocenters. The first-order chi connectivity index (χ1) is 11.9. The summed E-state index contributed by atoms with van der Waals surface area (Å²) in [5.74, 6) is 0.708. The zero-order chi connectivity index (χ0) is 18.0. The molecule has 134 valence electrons. The van der Waals surface area contributed by atoms with Crippen LogP contribution in [0.4, 0.5) is 4.39 Å². The number of rotatable bonds is 5. The number of aryl methyl sites for hydroxylation is 2. The van der Waals surface area contributed by atoms with Crippen LogP contribution in [-0.2, 0) is 11.8 Å². The lowest BCUT2D eigenvalue weighted by atomic mass is 9.97.